The number of amides is 1. The van der Waals surface area contributed by atoms with E-state index in [1.54, 1.807) is 12.1 Å². The van der Waals surface area contributed by atoms with Crippen LogP contribution >= 0.6 is 0 Å². The third-order valence-corrected chi connectivity index (χ3v) is 8.05. The SMILES string of the molecule is CCCCN1CCC(NC(=O)CN2CCN(S(=O)(=O)c3ccc(C)cc3)CC2)CC1. The van der Waals surface area contributed by atoms with Gasteiger partial charge in [0, 0.05) is 45.3 Å². The fourth-order valence-corrected chi connectivity index (χ4v) is 5.57. The highest BCUT2D eigenvalue weighted by Crippen LogP contribution is 2.18. The molecule has 2 aliphatic rings. The molecule has 1 aromatic carbocycles. The summed E-state index contributed by atoms with van der Waals surface area (Å²) in [5.41, 5.74) is 1.04. The van der Waals surface area contributed by atoms with Crippen LogP contribution in [-0.4, -0.2) is 86.8 Å². The normalized spacial score (nSPS) is 20.3. The van der Waals surface area contributed by atoms with Crippen LogP contribution in [0.2, 0.25) is 0 Å². The minimum Gasteiger partial charge on any atom is -0.352 e. The largest absolute Gasteiger partial charge is 0.352 e. The number of carbonyl (C=O) groups is 1. The van der Waals surface area contributed by atoms with E-state index in [0.29, 0.717) is 37.6 Å². The highest BCUT2D eigenvalue weighted by atomic mass is 32.2. The number of sulfonamides is 1. The van der Waals surface area contributed by atoms with Crippen molar-refractivity contribution in [3.63, 3.8) is 0 Å². The molecule has 30 heavy (non-hydrogen) atoms. The van der Waals surface area contributed by atoms with Gasteiger partial charge in [0.15, 0.2) is 0 Å². The highest BCUT2D eigenvalue weighted by molar-refractivity contribution is 7.89. The van der Waals surface area contributed by atoms with Gasteiger partial charge in [-0.05, 0) is 44.9 Å². The number of piperazine rings is 1. The van der Waals surface area contributed by atoms with Crippen molar-refractivity contribution in [3.05, 3.63) is 29.8 Å². The van der Waals surface area contributed by atoms with E-state index >= 15 is 0 Å². The van der Waals surface area contributed by atoms with Crippen LogP contribution in [0.15, 0.2) is 29.2 Å². The topological polar surface area (TPSA) is 73.0 Å². The predicted molar refractivity (Wildman–Crippen MR) is 119 cm³/mol. The Bertz CT molecular complexity index is 781. The van der Waals surface area contributed by atoms with Crippen molar-refractivity contribution in [1.82, 2.24) is 19.4 Å². The molecule has 0 unspecified atom stereocenters. The Morgan fingerprint density at radius 3 is 2.23 bits per heavy atom. The monoisotopic (exact) mass is 436 g/mol. The number of hydrogen-bond donors (Lipinski definition) is 1. The molecule has 168 valence electrons. The molecule has 0 saturated carbocycles. The van der Waals surface area contributed by atoms with E-state index in [-0.39, 0.29) is 11.9 Å². The summed E-state index contributed by atoms with van der Waals surface area (Å²) in [6.07, 6.45) is 4.48. The van der Waals surface area contributed by atoms with Gasteiger partial charge in [-0.15, -0.1) is 0 Å². The van der Waals surface area contributed by atoms with Crippen LogP contribution < -0.4 is 5.32 Å². The number of benzene rings is 1. The maximum absolute atomic E-state index is 12.8. The molecule has 0 radical (unpaired) electrons. The number of likely N-dealkylation sites (tertiary alicyclic amines) is 1. The molecule has 0 spiro atoms. The second kappa shape index (κ2) is 10.7. The third-order valence-electron chi connectivity index (χ3n) is 6.14. The van der Waals surface area contributed by atoms with Gasteiger partial charge in [-0.2, -0.15) is 4.31 Å². The molecule has 3 rings (SSSR count). The van der Waals surface area contributed by atoms with Gasteiger partial charge >= 0.3 is 0 Å². The van der Waals surface area contributed by atoms with E-state index in [2.05, 4.69) is 17.1 Å². The first kappa shape index (κ1) is 23.2. The molecule has 1 aromatic rings. The van der Waals surface area contributed by atoms with Crippen molar-refractivity contribution in [2.24, 2.45) is 0 Å². The lowest BCUT2D eigenvalue weighted by Gasteiger charge is -2.35. The van der Waals surface area contributed by atoms with Crippen LogP contribution in [0.25, 0.3) is 0 Å². The standard InChI is InChI=1S/C22H36N4O3S/c1-3-4-11-24-12-9-20(10-13-24)23-22(27)18-25-14-16-26(17-15-25)30(28,29)21-7-5-19(2)6-8-21/h5-8,20H,3-4,9-18H2,1-2H3,(H,23,27). The Kier molecular flexibility index (Phi) is 8.27. The van der Waals surface area contributed by atoms with Crippen molar-refractivity contribution in [3.8, 4) is 0 Å². The summed E-state index contributed by atoms with van der Waals surface area (Å²) < 4.78 is 27.1. The van der Waals surface area contributed by atoms with Crippen molar-refractivity contribution in [2.45, 2.75) is 50.5 Å². The quantitative estimate of drug-likeness (QED) is 0.671. The molecule has 0 bridgehead atoms. The van der Waals surface area contributed by atoms with Crippen LogP contribution in [0, 0.1) is 6.92 Å². The first-order valence-electron chi connectivity index (χ1n) is 11.2. The molecule has 2 fully saturated rings. The first-order chi connectivity index (χ1) is 14.4. The minimum absolute atomic E-state index is 0.0526. The Labute approximate surface area is 181 Å². The number of piperidine rings is 1. The third kappa shape index (κ3) is 6.26. The van der Waals surface area contributed by atoms with Gasteiger partial charge in [0.2, 0.25) is 15.9 Å². The smallest absolute Gasteiger partial charge is 0.243 e. The number of unbranched alkanes of at least 4 members (excludes halogenated alkanes) is 1. The second-order valence-corrected chi connectivity index (χ2v) is 10.5. The van der Waals surface area contributed by atoms with Gasteiger partial charge in [0.1, 0.15) is 0 Å². The summed E-state index contributed by atoms with van der Waals surface area (Å²) in [5, 5.41) is 3.18. The lowest BCUT2D eigenvalue weighted by atomic mass is 10.0. The van der Waals surface area contributed by atoms with E-state index in [4.69, 9.17) is 0 Å². The fraction of sp³-hybridized carbons (Fsp3) is 0.682. The van der Waals surface area contributed by atoms with E-state index in [9.17, 15) is 13.2 Å². The van der Waals surface area contributed by atoms with Gasteiger partial charge < -0.3 is 10.2 Å². The van der Waals surface area contributed by atoms with Crippen molar-refractivity contribution >= 4 is 15.9 Å². The molecule has 1 amide bonds. The van der Waals surface area contributed by atoms with Crippen LogP contribution in [0.3, 0.4) is 0 Å². The summed E-state index contributed by atoms with van der Waals surface area (Å²) in [7, 11) is -3.46. The zero-order chi connectivity index (χ0) is 21.6. The Morgan fingerprint density at radius 2 is 1.63 bits per heavy atom. The fourth-order valence-electron chi connectivity index (χ4n) is 4.15. The molecule has 2 heterocycles. The lowest BCUT2D eigenvalue weighted by Crippen LogP contribution is -2.52. The van der Waals surface area contributed by atoms with E-state index in [1.807, 2.05) is 24.0 Å². The summed E-state index contributed by atoms with van der Waals surface area (Å²) >= 11 is 0. The lowest BCUT2D eigenvalue weighted by molar-refractivity contribution is -0.123. The van der Waals surface area contributed by atoms with E-state index in [1.165, 1.54) is 17.1 Å². The van der Waals surface area contributed by atoms with E-state index in [0.717, 1.165) is 38.0 Å². The number of carbonyl (C=O) groups excluding carboxylic acids is 1. The molecule has 0 aliphatic carbocycles. The summed E-state index contributed by atoms with van der Waals surface area (Å²) in [6.45, 7) is 9.75. The molecule has 2 saturated heterocycles. The molecular weight excluding hydrogens is 400 g/mol. The second-order valence-electron chi connectivity index (χ2n) is 8.53. The predicted octanol–water partition coefficient (Wildman–Crippen LogP) is 1.68. The first-order valence-corrected chi connectivity index (χ1v) is 12.6. The van der Waals surface area contributed by atoms with Gasteiger partial charge in [0.25, 0.3) is 0 Å². The number of rotatable bonds is 8. The molecule has 0 aromatic heterocycles. The van der Waals surface area contributed by atoms with Crippen molar-refractivity contribution in [2.75, 3.05) is 52.4 Å². The average Bonchev–Trinajstić information content (AvgIpc) is 2.74. The zero-order valence-electron chi connectivity index (χ0n) is 18.3. The Balaban J connectivity index is 1.40. The molecule has 1 N–H and O–H groups in total. The molecule has 2 aliphatic heterocycles. The van der Waals surface area contributed by atoms with Crippen LogP contribution in [0.4, 0.5) is 0 Å². The van der Waals surface area contributed by atoms with Crippen LogP contribution in [-0.2, 0) is 14.8 Å². The minimum atomic E-state index is -3.46. The van der Waals surface area contributed by atoms with Gasteiger partial charge in [-0.3, -0.25) is 9.69 Å². The summed E-state index contributed by atoms with van der Waals surface area (Å²) in [6, 6.07) is 7.23. The Morgan fingerprint density at radius 1 is 1.00 bits per heavy atom. The maximum Gasteiger partial charge on any atom is 0.243 e. The van der Waals surface area contributed by atoms with E-state index < -0.39 is 10.0 Å². The Hall–Kier alpha value is -1.48. The van der Waals surface area contributed by atoms with Crippen molar-refractivity contribution < 1.29 is 13.2 Å². The highest BCUT2D eigenvalue weighted by Gasteiger charge is 2.29. The molecular formula is C22H36N4O3S. The summed E-state index contributed by atoms with van der Waals surface area (Å²) in [4.78, 5) is 17.3. The van der Waals surface area contributed by atoms with Gasteiger partial charge in [-0.25, -0.2) is 8.42 Å². The maximum atomic E-state index is 12.8. The van der Waals surface area contributed by atoms with Gasteiger partial charge in [0.05, 0.1) is 11.4 Å². The number of aryl methyl sites for hydroxylation is 1. The summed E-state index contributed by atoms with van der Waals surface area (Å²) in [5.74, 6) is 0.0526. The molecule has 7 nitrogen and oxygen atoms in total. The van der Waals surface area contributed by atoms with Gasteiger partial charge in [-0.1, -0.05) is 31.0 Å². The zero-order valence-corrected chi connectivity index (χ0v) is 19.2. The number of nitrogens with zero attached hydrogens (tertiary/aromatic N) is 3. The van der Waals surface area contributed by atoms with Crippen LogP contribution in [0.1, 0.15) is 38.2 Å². The van der Waals surface area contributed by atoms with Crippen molar-refractivity contribution in [1.29, 1.82) is 0 Å². The number of nitrogens with one attached hydrogen (secondary N) is 1. The number of hydrogen-bond acceptors (Lipinski definition) is 5. The molecule has 0 atom stereocenters. The van der Waals surface area contributed by atoms with Crippen LogP contribution in [0.5, 0.6) is 0 Å². The average molecular weight is 437 g/mol. The molecule has 8 heteroatoms.